The molecule has 0 fully saturated rings. The highest BCUT2D eigenvalue weighted by Gasteiger charge is 2.49. The van der Waals surface area contributed by atoms with Crippen LogP contribution in [0.3, 0.4) is 0 Å². The molecule has 1 aliphatic heterocycles. The van der Waals surface area contributed by atoms with Crippen LogP contribution in [0.1, 0.15) is 40.0 Å². The third-order valence-electron chi connectivity index (χ3n) is 3.54. The molecule has 5 nitrogen and oxygen atoms in total. The van der Waals surface area contributed by atoms with Gasteiger partial charge in [-0.2, -0.15) is 4.99 Å². The van der Waals surface area contributed by atoms with Crippen molar-refractivity contribution in [3.8, 4) is 0 Å². The molecule has 18 heavy (non-hydrogen) atoms. The van der Waals surface area contributed by atoms with Gasteiger partial charge in [0.1, 0.15) is 5.41 Å². The van der Waals surface area contributed by atoms with Crippen molar-refractivity contribution in [2.24, 2.45) is 16.3 Å². The zero-order valence-corrected chi connectivity index (χ0v) is 11.8. The van der Waals surface area contributed by atoms with E-state index in [4.69, 9.17) is 4.74 Å². The average Bonchev–Trinajstić information content (AvgIpc) is 2.34. The number of amides is 2. The van der Waals surface area contributed by atoms with E-state index in [1.165, 1.54) is 12.0 Å². The fourth-order valence-electron chi connectivity index (χ4n) is 2.18. The van der Waals surface area contributed by atoms with Crippen LogP contribution in [-0.2, 0) is 14.3 Å². The summed E-state index contributed by atoms with van der Waals surface area (Å²) in [5.74, 6) is -0.125. The first-order chi connectivity index (χ1) is 8.39. The van der Waals surface area contributed by atoms with E-state index in [-0.39, 0.29) is 17.8 Å². The van der Waals surface area contributed by atoms with Gasteiger partial charge in [-0.25, -0.2) is 0 Å². The topological polar surface area (TPSA) is 59.0 Å². The Labute approximate surface area is 108 Å². The summed E-state index contributed by atoms with van der Waals surface area (Å²) in [6.07, 6.45) is 1.85. The highest BCUT2D eigenvalue weighted by molar-refractivity contribution is 6.16. The van der Waals surface area contributed by atoms with Gasteiger partial charge in [-0.15, -0.1) is 0 Å². The second-order valence-corrected chi connectivity index (χ2v) is 5.14. The van der Waals surface area contributed by atoms with Gasteiger partial charge in [0.05, 0.1) is 7.11 Å². The predicted molar refractivity (Wildman–Crippen MR) is 69.0 cm³/mol. The number of methoxy groups -OCH3 is 1. The molecule has 102 valence electrons. The molecule has 2 amide bonds. The lowest BCUT2D eigenvalue weighted by atomic mass is 9.76. The van der Waals surface area contributed by atoms with Gasteiger partial charge in [0.2, 0.25) is 5.91 Å². The molecule has 0 aliphatic carbocycles. The molecule has 0 saturated heterocycles. The number of ether oxygens (including phenoxy) is 1. The van der Waals surface area contributed by atoms with Gasteiger partial charge in [0.25, 0.3) is 5.91 Å². The SMILES string of the molecule is CCC1(CCC(C)C)C(=O)N=C(OC)N(C)C1=O. The highest BCUT2D eigenvalue weighted by Crippen LogP contribution is 2.36. The van der Waals surface area contributed by atoms with Crippen LogP contribution in [-0.4, -0.2) is 36.9 Å². The second-order valence-electron chi connectivity index (χ2n) is 5.14. The van der Waals surface area contributed by atoms with E-state index in [2.05, 4.69) is 18.8 Å². The van der Waals surface area contributed by atoms with E-state index < -0.39 is 5.41 Å². The van der Waals surface area contributed by atoms with E-state index in [1.54, 1.807) is 7.05 Å². The average molecular weight is 254 g/mol. The van der Waals surface area contributed by atoms with Crippen molar-refractivity contribution >= 4 is 17.8 Å². The number of hydrogen-bond acceptors (Lipinski definition) is 3. The van der Waals surface area contributed by atoms with Crippen molar-refractivity contribution in [2.45, 2.75) is 40.0 Å². The summed E-state index contributed by atoms with van der Waals surface area (Å²) in [4.78, 5) is 29.8. The maximum absolute atomic E-state index is 12.4. The molecule has 1 rings (SSSR count). The molecule has 0 saturated carbocycles. The molecule has 0 spiro atoms. The first kappa shape index (κ1) is 14.7. The summed E-state index contributed by atoms with van der Waals surface area (Å²) in [6.45, 7) is 6.01. The lowest BCUT2D eigenvalue weighted by Crippen LogP contribution is -2.53. The van der Waals surface area contributed by atoms with Gasteiger partial charge in [-0.1, -0.05) is 20.8 Å². The maximum atomic E-state index is 12.4. The first-order valence-corrected chi connectivity index (χ1v) is 6.34. The van der Waals surface area contributed by atoms with Crippen molar-refractivity contribution in [1.82, 2.24) is 4.90 Å². The van der Waals surface area contributed by atoms with E-state index in [1.807, 2.05) is 6.92 Å². The zero-order chi connectivity index (χ0) is 13.9. The molecule has 1 atom stereocenters. The van der Waals surface area contributed by atoms with Crippen molar-refractivity contribution < 1.29 is 14.3 Å². The zero-order valence-electron chi connectivity index (χ0n) is 11.8. The monoisotopic (exact) mass is 254 g/mol. The summed E-state index contributed by atoms with van der Waals surface area (Å²) in [5.41, 5.74) is -0.999. The van der Waals surface area contributed by atoms with Crippen LogP contribution in [0.15, 0.2) is 4.99 Å². The van der Waals surface area contributed by atoms with E-state index in [0.717, 1.165) is 6.42 Å². The molecule has 1 heterocycles. The van der Waals surface area contributed by atoms with Gasteiger partial charge >= 0.3 is 6.02 Å². The van der Waals surface area contributed by atoms with Crippen LogP contribution in [0.4, 0.5) is 0 Å². The molecule has 1 aliphatic rings. The number of rotatable bonds is 4. The Morgan fingerprint density at radius 1 is 1.39 bits per heavy atom. The fraction of sp³-hybridized carbons (Fsp3) is 0.769. The molecular weight excluding hydrogens is 232 g/mol. The van der Waals surface area contributed by atoms with Gasteiger partial charge in [0, 0.05) is 7.05 Å². The van der Waals surface area contributed by atoms with Crippen molar-refractivity contribution in [3.05, 3.63) is 0 Å². The summed E-state index contributed by atoms with van der Waals surface area (Å²) in [5, 5.41) is 0. The van der Waals surface area contributed by atoms with Crippen LogP contribution < -0.4 is 0 Å². The number of carbonyl (C=O) groups is 2. The Morgan fingerprint density at radius 2 is 2.00 bits per heavy atom. The summed E-state index contributed by atoms with van der Waals surface area (Å²) in [7, 11) is 3.00. The Bertz CT molecular complexity index is 376. The Hall–Kier alpha value is -1.39. The third-order valence-corrected chi connectivity index (χ3v) is 3.54. The molecule has 0 aromatic carbocycles. The van der Waals surface area contributed by atoms with Crippen LogP contribution in [0.5, 0.6) is 0 Å². The molecule has 0 aromatic heterocycles. The second kappa shape index (κ2) is 5.50. The lowest BCUT2D eigenvalue weighted by Gasteiger charge is -2.36. The van der Waals surface area contributed by atoms with Gasteiger partial charge in [-0.05, 0) is 25.2 Å². The highest BCUT2D eigenvalue weighted by atomic mass is 16.5. The molecule has 0 radical (unpaired) electrons. The molecular formula is C13H22N2O3. The fourth-order valence-corrected chi connectivity index (χ4v) is 2.18. The van der Waals surface area contributed by atoms with Crippen molar-refractivity contribution in [1.29, 1.82) is 0 Å². The minimum atomic E-state index is -0.999. The van der Waals surface area contributed by atoms with E-state index in [9.17, 15) is 9.59 Å². The van der Waals surface area contributed by atoms with E-state index >= 15 is 0 Å². The molecule has 0 N–H and O–H groups in total. The van der Waals surface area contributed by atoms with Gasteiger partial charge in [-0.3, -0.25) is 14.5 Å². The summed E-state index contributed by atoms with van der Waals surface area (Å²) < 4.78 is 4.94. The van der Waals surface area contributed by atoms with Crippen LogP contribution in [0.25, 0.3) is 0 Å². The lowest BCUT2D eigenvalue weighted by molar-refractivity contribution is -0.149. The largest absolute Gasteiger partial charge is 0.468 e. The maximum Gasteiger partial charge on any atom is 0.301 e. The predicted octanol–water partition coefficient (Wildman–Crippen LogP) is 1.82. The molecule has 1 unspecified atom stereocenters. The smallest absolute Gasteiger partial charge is 0.301 e. The van der Waals surface area contributed by atoms with E-state index in [0.29, 0.717) is 18.8 Å². The quantitative estimate of drug-likeness (QED) is 0.719. The van der Waals surface area contributed by atoms with Crippen LogP contribution in [0, 0.1) is 11.3 Å². The number of amidine groups is 1. The van der Waals surface area contributed by atoms with Crippen LogP contribution >= 0.6 is 0 Å². The molecule has 5 heteroatoms. The third kappa shape index (κ3) is 2.40. The number of nitrogens with zero attached hydrogens (tertiary/aromatic N) is 2. The van der Waals surface area contributed by atoms with Crippen molar-refractivity contribution in [2.75, 3.05) is 14.2 Å². The minimum Gasteiger partial charge on any atom is -0.468 e. The summed E-state index contributed by atoms with van der Waals surface area (Å²) in [6, 6.07) is 0.0821. The summed E-state index contributed by atoms with van der Waals surface area (Å²) >= 11 is 0. The van der Waals surface area contributed by atoms with Crippen molar-refractivity contribution in [3.63, 3.8) is 0 Å². The number of aliphatic imine (C=N–C) groups is 1. The molecule has 0 bridgehead atoms. The molecule has 0 aromatic rings. The number of carbonyl (C=O) groups excluding carboxylic acids is 2. The first-order valence-electron chi connectivity index (χ1n) is 6.34. The minimum absolute atomic E-state index is 0.0821. The Balaban J connectivity index is 3.08. The Morgan fingerprint density at radius 3 is 2.44 bits per heavy atom. The van der Waals surface area contributed by atoms with Gasteiger partial charge < -0.3 is 4.74 Å². The standard InChI is InChI=1S/C13H22N2O3/c1-6-13(8-7-9(2)3)10(16)14-12(18-5)15(4)11(13)17/h9H,6-8H2,1-5H3. The van der Waals surface area contributed by atoms with Crippen LogP contribution in [0.2, 0.25) is 0 Å². The number of hydrogen-bond donors (Lipinski definition) is 0. The van der Waals surface area contributed by atoms with Gasteiger partial charge in [0.15, 0.2) is 0 Å². The Kier molecular flexibility index (Phi) is 4.48. The normalized spacial score (nSPS) is 24.6.